The van der Waals surface area contributed by atoms with E-state index in [-0.39, 0.29) is 11.4 Å². The molecule has 2 unspecified atom stereocenters. The molecular formula is C24H30N8O2. The first-order chi connectivity index (χ1) is 16.3. The number of ether oxygens (including phenoxy) is 1. The number of carbonyl (C=O) groups excluding carboxylic acids is 1. The van der Waals surface area contributed by atoms with Crippen molar-refractivity contribution in [3.63, 3.8) is 0 Å². The molecule has 2 aliphatic rings. The summed E-state index contributed by atoms with van der Waals surface area (Å²) in [4.78, 5) is 30.8. The van der Waals surface area contributed by atoms with Crippen LogP contribution in [0.2, 0.25) is 0 Å². The number of anilines is 2. The van der Waals surface area contributed by atoms with Gasteiger partial charge in [0.15, 0.2) is 0 Å². The highest BCUT2D eigenvalue weighted by Gasteiger charge is 2.55. The SMILES string of the molecule is COc1ccc(C(=O)N2CC3CCN(c4cc(C)nc(N(C)C)n4)CC32C)c(-n2nccn2)c1. The Bertz CT molecular complexity index is 1210. The highest BCUT2D eigenvalue weighted by atomic mass is 16.5. The van der Waals surface area contributed by atoms with Crippen LogP contribution in [-0.2, 0) is 0 Å². The standard InChI is InChI=1S/C24H30N8O2/c1-16-12-21(28-23(27-16)29(3)4)30-11-8-17-14-31(24(17,2)15-30)22(33)19-7-6-18(34-5)13-20(19)32-25-9-10-26-32/h6-7,9-10,12-13,17H,8,11,14-15H2,1-5H3. The minimum atomic E-state index is -0.290. The maximum absolute atomic E-state index is 13.8. The Balaban J connectivity index is 1.44. The molecule has 1 amide bonds. The highest BCUT2D eigenvalue weighted by molar-refractivity contribution is 5.99. The Morgan fingerprint density at radius 2 is 1.94 bits per heavy atom. The van der Waals surface area contributed by atoms with E-state index in [1.54, 1.807) is 37.7 Å². The van der Waals surface area contributed by atoms with E-state index in [1.807, 2.05) is 36.9 Å². The van der Waals surface area contributed by atoms with Gasteiger partial charge >= 0.3 is 0 Å². The fourth-order valence-electron chi connectivity index (χ4n) is 5.01. The van der Waals surface area contributed by atoms with Crippen molar-refractivity contribution < 1.29 is 9.53 Å². The number of hydrogen-bond acceptors (Lipinski definition) is 8. The Kier molecular flexibility index (Phi) is 5.38. The highest BCUT2D eigenvalue weighted by Crippen LogP contribution is 2.44. The maximum atomic E-state index is 13.8. The van der Waals surface area contributed by atoms with Crippen molar-refractivity contribution in [3.8, 4) is 11.4 Å². The van der Waals surface area contributed by atoms with Crippen molar-refractivity contribution in [2.75, 3.05) is 50.6 Å². The normalized spacial score (nSPS) is 21.6. The summed E-state index contributed by atoms with van der Waals surface area (Å²) in [7, 11) is 5.49. The molecule has 10 heteroatoms. The van der Waals surface area contributed by atoms with Gasteiger partial charge in [-0.25, -0.2) is 4.98 Å². The van der Waals surface area contributed by atoms with Crippen molar-refractivity contribution in [1.82, 2.24) is 29.9 Å². The summed E-state index contributed by atoms with van der Waals surface area (Å²) in [5.74, 6) is 2.67. The minimum Gasteiger partial charge on any atom is -0.497 e. The molecule has 2 atom stereocenters. The van der Waals surface area contributed by atoms with Crippen molar-refractivity contribution in [3.05, 3.63) is 47.9 Å². The molecule has 2 aliphatic heterocycles. The third-order valence-electron chi connectivity index (χ3n) is 7.03. The molecule has 0 radical (unpaired) electrons. The molecule has 5 rings (SSSR count). The molecule has 4 heterocycles. The predicted octanol–water partition coefficient (Wildman–Crippen LogP) is 2.18. The topological polar surface area (TPSA) is 92.5 Å². The van der Waals surface area contributed by atoms with Crippen LogP contribution in [0.1, 0.15) is 29.4 Å². The number of piperidine rings is 1. The molecule has 2 fully saturated rings. The van der Waals surface area contributed by atoms with Gasteiger partial charge in [-0.3, -0.25) is 4.79 Å². The summed E-state index contributed by atoms with van der Waals surface area (Å²) >= 11 is 0. The zero-order chi connectivity index (χ0) is 24.0. The van der Waals surface area contributed by atoms with E-state index in [2.05, 4.69) is 27.0 Å². The molecule has 0 bridgehead atoms. The largest absolute Gasteiger partial charge is 0.497 e. The van der Waals surface area contributed by atoms with Gasteiger partial charge in [0.2, 0.25) is 5.95 Å². The molecule has 10 nitrogen and oxygen atoms in total. The number of carbonyl (C=O) groups is 1. The van der Waals surface area contributed by atoms with E-state index in [4.69, 9.17) is 9.72 Å². The molecule has 178 valence electrons. The Hall–Kier alpha value is -3.69. The van der Waals surface area contributed by atoms with Crippen molar-refractivity contribution in [2.24, 2.45) is 5.92 Å². The van der Waals surface area contributed by atoms with E-state index in [9.17, 15) is 4.79 Å². The summed E-state index contributed by atoms with van der Waals surface area (Å²) in [6, 6.07) is 7.42. The van der Waals surface area contributed by atoms with E-state index < -0.39 is 0 Å². The number of nitrogens with zero attached hydrogens (tertiary/aromatic N) is 8. The molecule has 2 aromatic heterocycles. The van der Waals surface area contributed by atoms with Crippen LogP contribution in [0.25, 0.3) is 5.69 Å². The first-order valence-corrected chi connectivity index (χ1v) is 11.4. The number of rotatable bonds is 5. The monoisotopic (exact) mass is 462 g/mol. The van der Waals surface area contributed by atoms with E-state index in [1.165, 1.54) is 4.80 Å². The molecule has 0 spiro atoms. The van der Waals surface area contributed by atoms with Gasteiger partial charge in [0, 0.05) is 57.5 Å². The molecule has 2 saturated heterocycles. The Labute approximate surface area is 199 Å². The lowest BCUT2D eigenvalue weighted by molar-refractivity contribution is -0.0535. The molecule has 0 N–H and O–H groups in total. The Morgan fingerprint density at radius 3 is 2.65 bits per heavy atom. The lowest BCUT2D eigenvalue weighted by Gasteiger charge is -2.61. The summed E-state index contributed by atoms with van der Waals surface area (Å²) < 4.78 is 5.38. The fourth-order valence-corrected chi connectivity index (χ4v) is 5.01. The van der Waals surface area contributed by atoms with Crippen LogP contribution in [0, 0.1) is 12.8 Å². The number of aryl methyl sites for hydroxylation is 1. The number of hydrogen-bond donors (Lipinski definition) is 0. The van der Waals surface area contributed by atoms with Gasteiger partial charge in [-0.2, -0.15) is 20.0 Å². The molecule has 0 saturated carbocycles. The lowest BCUT2D eigenvalue weighted by Crippen LogP contribution is -2.74. The summed E-state index contributed by atoms with van der Waals surface area (Å²) in [5.41, 5.74) is 1.80. The maximum Gasteiger partial charge on any atom is 0.256 e. The van der Waals surface area contributed by atoms with Crippen LogP contribution in [0.5, 0.6) is 5.75 Å². The summed E-state index contributed by atoms with van der Waals surface area (Å²) in [6.07, 6.45) is 4.20. The van der Waals surface area contributed by atoms with Gasteiger partial charge in [-0.1, -0.05) is 0 Å². The lowest BCUT2D eigenvalue weighted by atomic mass is 9.70. The average Bonchev–Trinajstić information content (AvgIpc) is 3.35. The second-order valence-corrected chi connectivity index (χ2v) is 9.44. The van der Waals surface area contributed by atoms with Crippen LogP contribution in [0.3, 0.4) is 0 Å². The van der Waals surface area contributed by atoms with Crippen LogP contribution in [0.15, 0.2) is 36.7 Å². The van der Waals surface area contributed by atoms with Crippen molar-refractivity contribution in [2.45, 2.75) is 25.8 Å². The first kappa shape index (κ1) is 22.1. The summed E-state index contributed by atoms with van der Waals surface area (Å²) in [6.45, 7) is 6.55. The van der Waals surface area contributed by atoms with Gasteiger partial charge in [0.05, 0.1) is 30.6 Å². The van der Waals surface area contributed by atoms with Gasteiger partial charge in [-0.05, 0) is 32.4 Å². The third kappa shape index (κ3) is 3.63. The van der Waals surface area contributed by atoms with Crippen LogP contribution < -0.4 is 14.5 Å². The zero-order valence-corrected chi connectivity index (χ0v) is 20.3. The Morgan fingerprint density at radius 1 is 1.18 bits per heavy atom. The van der Waals surface area contributed by atoms with Crippen molar-refractivity contribution in [1.29, 1.82) is 0 Å². The fraction of sp³-hybridized carbons (Fsp3) is 0.458. The second kappa shape index (κ2) is 8.27. The van der Waals surface area contributed by atoms with E-state index in [0.29, 0.717) is 28.9 Å². The van der Waals surface area contributed by atoms with Crippen LogP contribution in [-0.4, -0.2) is 82.1 Å². The molecule has 34 heavy (non-hydrogen) atoms. The number of fused-ring (bicyclic) bond motifs is 1. The predicted molar refractivity (Wildman–Crippen MR) is 129 cm³/mol. The second-order valence-electron chi connectivity index (χ2n) is 9.44. The first-order valence-electron chi connectivity index (χ1n) is 11.4. The van der Waals surface area contributed by atoms with Gasteiger partial charge in [-0.15, -0.1) is 0 Å². The van der Waals surface area contributed by atoms with Crippen LogP contribution >= 0.6 is 0 Å². The summed E-state index contributed by atoms with van der Waals surface area (Å²) in [5, 5.41) is 8.48. The molecule has 3 aromatic rings. The van der Waals surface area contributed by atoms with Gasteiger partial charge in [0.1, 0.15) is 17.3 Å². The smallest absolute Gasteiger partial charge is 0.256 e. The molecular weight excluding hydrogens is 432 g/mol. The number of benzene rings is 1. The third-order valence-corrected chi connectivity index (χ3v) is 7.03. The van der Waals surface area contributed by atoms with Gasteiger partial charge < -0.3 is 19.4 Å². The van der Waals surface area contributed by atoms with Gasteiger partial charge in [0.25, 0.3) is 5.91 Å². The number of methoxy groups -OCH3 is 1. The zero-order valence-electron chi connectivity index (χ0n) is 20.3. The van der Waals surface area contributed by atoms with Crippen LogP contribution in [0.4, 0.5) is 11.8 Å². The number of aromatic nitrogens is 5. The number of likely N-dealkylation sites (tertiary alicyclic amines) is 1. The minimum absolute atomic E-state index is 0.0246. The quantitative estimate of drug-likeness (QED) is 0.570. The average molecular weight is 463 g/mol. The van der Waals surface area contributed by atoms with E-state index >= 15 is 0 Å². The molecule has 0 aliphatic carbocycles. The van der Waals surface area contributed by atoms with E-state index in [0.717, 1.165) is 37.6 Å². The molecule has 1 aromatic carbocycles. The number of amides is 1. The van der Waals surface area contributed by atoms with Crippen molar-refractivity contribution >= 4 is 17.7 Å².